The van der Waals surface area contributed by atoms with Gasteiger partial charge in [-0.15, -0.1) is 0 Å². The van der Waals surface area contributed by atoms with Crippen molar-refractivity contribution in [2.24, 2.45) is 5.92 Å². The molecule has 0 saturated heterocycles. The van der Waals surface area contributed by atoms with Crippen molar-refractivity contribution in [1.29, 1.82) is 0 Å². The first-order valence-electron chi connectivity index (χ1n) is 3.72. The largest absolute Gasteiger partial charge is 0.416 e. The number of hydrogen-bond donors (Lipinski definition) is 1. The molecule has 0 amide bonds. The van der Waals surface area contributed by atoms with Crippen LogP contribution >= 0.6 is 0 Å². The van der Waals surface area contributed by atoms with E-state index in [1.54, 1.807) is 0 Å². The summed E-state index contributed by atoms with van der Waals surface area (Å²) in [7, 11) is 0. The molecule has 0 aromatic rings. The SMILES string of the molecule is C1=CC2=CONCC2CC1. The van der Waals surface area contributed by atoms with Gasteiger partial charge in [-0.1, -0.05) is 12.2 Å². The molecule has 1 aliphatic heterocycles. The predicted octanol–water partition coefficient (Wildman–Crippen LogP) is 1.37. The molecule has 1 N–H and O–H groups in total. The zero-order valence-electron chi connectivity index (χ0n) is 5.84. The molecule has 0 saturated carbocycles. The Labute approximate surface area is 60.5 Å². The number of nitrogens with one attached hydrogen (secondary N) is 1. The van der Waals surface area contributed by atoms with E-state index in [2.05, 4.69) is 17.6 Å². The van der Waals surface area contributed by atoms with Crippen LogP contribution in [0.5, 0.6) is 0 Å². The van der Waals surface area contributed by atoms with E-state index in [1.165, 1.54) is 18.4 Å². The highest BCUT2D eigenvalue weighted by Crippen LogP contribution is 2.24. The van der Waals surface area contributed by atoms with Gasteiger partial charge in [0, 0.05) is 12.5 Å². The second-order valence-corrected chi connectivity index (χ2v) is 2.76. The van der Waals surface area contributed by atoms with Gasteiger partial charge in [0.25, 0.3) is 0 Å². The summed E-state index contributed by atoms with van der Waals surface area (Å²) in [5.41, 5.74) is 4.21. The number of fused-ring (bicyclic) bond motifs is 1. The molecule has 2 aliphatic rings. The second kappa shape index (κ2) is 2.46. The Morgan fingerprint density at radius 3 is 3.50 bits per heavy atom. The monoisotopic (exact) mass is 137 g/mol. The first kappa shape index (κ1) is 5.98. The topological polar surface area (TPSA) is 21.3 Å². The first-order chi connectivity index (χ1) is 4.97. The van der Waals surface area contributed by atoms with Crippen LogP contribution in [0.4, 0.5) is 0 Å². The summed E-state index contributed by atoms with van der Waals surface area (Å²) in [6.45, 7) is 0.968. The maximum atomic E-state index is 4.98. The van der Waals surface area contributed by atoms with Crippen LogP contribution in [0.1, 0.15) is 12.8 Å². The number of allylic oxidation sites excluding steroid dienone is 2. The minimum Gasteiger partial charge on any atom is -0.416 e. The van der Waals surface area contributed by atoms with Gasteiger partial charge in [-0.2, -0.15) is 5.48 Å². The zero-order valence-corrected chi connectivity index (χ0v) is 5.84. The first-order valence-corrected chi connectivity index (χ1v) is 3.72. The summed E-state index contributed by atoms with van der Waals surface area (Å²) in [4.78, 5) is 4.98. The summed E-state index contributed by atoms with van der Waals surface area (Å²) >= 11 is 0. The molecule has 0 spiro atoms. The fourth-order valence-corrected chi connectivity index (χ4v) is 1.43. The van der Waals surface area contributed by atoms with Crippen molar-refractivity contribution in [2.45, 2.75) is 12.8 Å². The Hall–Kier alpha value is -0.760. The van der Waals surface area contributed by atoms with Crippen LogP contribution in [-0.4, -0.2) is 6.54 Å². The van der Waals surface area contributed by atoms with E-state index in [1.807, 2.05) is 6.26 Å². The summed E-state index contributed by atoms with van der Waals surface area (Å²) in [6, 6.07) is 0. The smallest absolute Gasteiger partial charge is 0.114 e. The molecule has 0 bridgehead atoms. The van der Waals surface area contributed by atoms with Crippen molar-refractivity contribution in [3.8, 4) is 0 Å². The highest BCUT2D eigenvalue weighted by atomic mass is 16.6. The van der Waals surface area contributed by atoms with E-state index in [9.17, 15) is 0 Å². The van der Waals surface area contributed by atoms with Gasteiger partial charge in [0.15, 0.2) is 0 Å². The third kappa shape index (κ3) is 0.948. The third-order valence-electron chi connectivity index (χ3n) is 2.07. The van der Waals surface area contributed by atoms with E-state index in [-0.39, 0.29) is 0 Å². The molecule has 0 fully saturated rings. The number of hydrogen-bond acceptors (Lipinski definition) is 2. The summed E-state index contributed by atoms with van der Waals surface area (Å²) in [5.74, 6) is 0.693. The Balaban J connectivity index is 2.21. The van der Waals surface area contributed by atoms with Crippen molar-refractivity contribution in [1.82, 2.24) is 5.48 Å². The lowest BCUT2D eigenvalue weighted by atomic mass is 9.90. The summed E-state index contributed by atoms with van der Waals surface area (Å²) < 4.78 is 0. The molecule has 1 heterocycles. The van der Waals surface area contributed by atoms with Crippen LogP contribution in [0.3, 0.4) is 0 Å². The standard InChI is InChI=1S/C8H11NO/c1-2-4-8-6-10-9-5-7(8)3-1/h2,4,6-7,9H,1,3,5H2. The molecule has 2 heteroatoms. The zero-order chi connectivity index (χ0) is 6.81. The van der Waals surface area contributed by atoms with Gasteiger partial charge < -0.3 is 4.84 Å². The summed E-state index contributed by atoms with van der Waals surface area (Å²) in [6.07, 6.45) is 8.65. The van der Waals surface area contributed by atoms with Crippen molar-refractivity contribution in [2.75, 3.05) is 6.54 Å². The molecule has 1 aliphatic carbocycles. The number of rotatable bonds is 0. The molecule has 0 aromatic heterocycles. The van der Waals surface area contributed by atoms with E-state index in [4.69, 9.17) is 4.84 Å². The second-order valence-electron chi connectivity index (χ2n) is 2.76. The highest BCUT2D eigenvalue weighted by molar-refractivity contribution is 5.24. The van der Waals surface area contributed by atoms with E-state index in [0.29, 0.717) is 5.92 Å². The van der Waals surface area contributed by atoms with Gasteiger partial charge in [-0.3, -0.25) is 0 Å². The molecule has 1 atom stereocenters. The van der Waals surface area contributed by atoms with Crippen LogP contribution in [0, 0.1) is 5.92 Å². The Morgan fingerprint density at radius 1 is 1.60 bits per heavy atom. The van der Waals surface area contributed by atoms with Gasteiger partial charge in [0.05, 0.1) is 0 Å². The van der Waals surface area contributed by atoms with Crippen molar-refractivity contribution >= 4 is 0 Å². The minimum absolute atomic E-state index is 0.693. The molecule has 1 unspecified atom stereocenters. The quantitative estimate of drug-likeness (QED) is 0.544. The Bertz CT molecular complexity index is 184. The lowest BCUT2D eigenvalue weighted by Gasteiger charge is -2.24. The lowest BCUT2D eigenvalue weighted by Crippen LogP contribution is -2.28. The van der Waals surface area contributed by atoms with Crippen LogP contribution in [0.25, 0.3) is 0 Å². The van der Waals surface area contributed by atoms with Gasteiger partial charge in [0.1, 0.15) is 6.26 Å². The molecule has 10 heavy (non-hydrogen) atoms. The van der Waals surface area contributed by atoms with E-state index < -0.39 is 0 Å². The Morgan fingerprint density at radius 2 is 2.60 bits per heavy atom. The van der Waals surface area contributed by atoms with Gasteiger partial charge in [-0.05, 0) is 18.4 Å². The molecule has 2 nitrogen and oxygen atoms in total. The normalized spacial score (nSPS) is 30.4. The molecular weight excluding hydrogens is 126 g/mol. The third-order valence-corrected chi connectivity index (χ3v) is 2.07. The number of hydroxylamine groups is 1. The lowest BCUT2D eigenvalue weighted by molar-refractivity contribution is 0.102. The van der Waals surface area contributed by atoms with E-state index >= 15 is 0 Å². The van der Waals surface area contributed by atoms with Crippen LogP contribution < -0.4 is 5.48 Å². The highest BCUT2D eigenvalue weighted by Gasteiger charge is 2.18. The molecular formula is C8H11NO. The van der Waals surface area contributed by atoms with Crippen molar-refractivity contribution < 1.29 is 4.84 Å². The minimum atomic E-state index is 0.693. The van der Waals surface area contributed by atoms with Gasteiger partial charge >= 0.3 is 0 Å². The van der Waals surface area contributed by atoms with Crippen molar-refractivity contribution in [3.05, 3.63) is 24.0 Å². The predicted molar refractivity (Wildman–Crippen MR) is 39.0 cm³/mol. The fraction of sp³-hybridized carbons (Fsp3) is 0.500. The van der Waals surface area contributed by atoms with Crippen LogP contribution in [0.15, 0.2) is 24.0 Å². The maximum Gasteiger partial charge on any atom is 0.114 e. The fourth-order valence-electron chi connectivity index (χ4n) is 1.43. The molecule has 0 radical (unpaired) electrons. The molecule has 0 aromatic carbocycles. The van der Waals surface area contributed by atoms with E-state index in [0.717, 1.165) is 6.54 Å². The van der Waals surface area contributed by atoms with Crippen LogP contribution in [0.2, 0.25) is 0 Å². The van der Waals surface area contributed by atoms with Gasteiger partial charge in [-0.25, -0.2) is 0 Å². The Kier molecular flexibility index (Phi) is 1.47. The van der Waals surface area contributed by atoms with Crippen molar-refractivity contribution in [3.63, 3.8) is 0 Å². The molecule has 2 rings (SSSR count). The molecule has 54 valence electrons. The maximum absolute atomic E-state index is 4.98. The average molecular weight is 137 g/mol. The van der Waals surface area contributed by atoms with Crippen LogP contribution in [-0.2, 0) is 4.84 Å². The summed E-state index contributed by atoms with van der Waals surface area (Å²) in [5, 5.41) is 0. The average Bonchev–Trinajstić information content (AvgIpc) is 2.05. The van der Waals surface area contributed by atoms with Gasteiger partial charge in [0.2, 0.25) is 0 Å².